The van der Waals surface area contributed by atoms with Crippen molar-refractivity contribution in [1.29, 1.82) is 0 Å². The van der Waals surface area contributed by atoms with Gasteiger partial charge < -0.3 is 19.9 Å². The lowest BCUT2D eigenvalue weighted by Gasteiger charge is -2.12. The quantitative estimate of drug-likeness (QED) is 0.308. The van der Waals surface area contributed by atoms with E-state index in [1.54, 1.807) is 7.05 Å². The number of nitrogens with zero attached hydrogens (tertiary/aromatic N) is 4. The molecule has 2 heterocycles. The molecule has 1 aromatic carbocycles. The highest BCUT2D eigenvalue weighted by Crippen LogP contribution is 2.13. The lowest BCUT2D eigenvalue weighted by Crippen LogP contribution is -2.39. The Labute approximate surface area is 158 Å². The van der Waals surface area contributed by atoms with Crippen molar-refractivity contribution >= 4 is 29.9 Å². The smallest absolute Gasteiger partial charge is 0.191 e. The van der Waals surface area contributed by atoms with Gasteiger partial charge in [-0.25, -0.2) is 0 Å². The number of ether oxygens (including phenoxy) is 1. The van der Waals surface area contributed by atoms with Crippen LogP contribution in [0.1, 0.15) is 18.1 Å². The molecule has 0 atom stereocenters. The number of fused-ring (bicyclic) bond motifs is 1. The van der Waals surface area contributed by atoms with Gasteiger partial charge in [0.2, 0.25) is 0 Å². The van der Waals surface area contributed by atoms with Crippen LogP contribution in [0.15, 0.2) is 35.3 Å². The SMILES string of the molecule is CN=C(NCCOc1ccccc1)NCc1nnc2n1CCC2.I. The average molecular weight is 442 g/mol. The van der Waals surface area contributed by atoms with Crippen LogP contribution in [0, 0.1) is 0 Å². The van der Waals surface area contributed by atoms with Gasteiger partial charge in [-0.3, -0.25) is 4.99 Å². The summed E-state index contributed by atoms with van der Waals surface area (Å²) in [4.78, 5) is 4.21. The predicted octanol–water partition coefficient (Wildman–Crippen LogP) is 1.59. The maximum Gasteiger partial charge on any atom is 0.191 e. The summed E-state index contributed by atoms with van der Waals surface area (Å²) in [6, 6.07) is 9.77. The largest absolute Gasteiger partial charge is 0.492 e. The molecule has 0 bridgehead atoms. The predicted molar refractivity (Wildman–Crippen MR) is 104 cm³/mol. The number of halogens is 1. The second kappa shape index (κ2) is 9.45. The van der Waals surface area contributed by atoms with E-state index in [0.29, 0.717) is 19.7 Å². The Hall–Kier alpha value is -1.84. The second-order valence-corrected chi connectivity index (χ2v) is 5.30. The van der Waals surface area contributed by atoms with Crippen LogP contribution in [0.25, 0.3) is 0 Å². The van der Waals surface area contributed by atoms with Crippen LogP contribution in [-0.2, 0) is 19.5 Å². The molecule has 1 aromatic heterocycles. The molecule has 1 aliphatic rings. The Bertz CT molecular complexity index is 658. The lowest BCUT2D eigenvalue weighted by atomic mass is 10.3. The molecule has 0 radical (unpaired) electrons. The first-order valence-corrected chi connectivity index (χ1v) is 7.90. The molecule has 2 aromatic rings. The van der Waals surface area contributed by atoms with Crippen LogP contribution >= 0.6 is 24.0 Å². The van der Waals surface area contributed by atoms with E-state index in [4.69, 9.17) is 4.74 Å². The van der Waals surface area contributed by atoms with Gasteiger partial charge in [-0.1, -0.05) is 18.2 Å². The third kappa shape index (κ3) is 4.83. The van der Waals surface area contributed by atoms with E-state index >= 15 is 0 Å². The summed E-state index contributed by atoms with van der Waals surface area (Å²) in [5, 5.41) is 14.9. The maximum atomic E-state index is 5.64. The number of para-hydroxylation sites is 1. The molecule has 24 heavy (non-hydrogen) atoms. The third-order valence-corrected chi connectivity index (χ3v) is 3.73. The summed E-state index contributed by atoms with van der Waals surface area (Å²) >= 11 is 0. The molecule has 2 N–H and O–H groups in total. The molecule has 1 aliphatic heterocycles. The Morgan fingerprint density at radius 2 is 2.08 bits per heavy atom. The minimum atomic E-state index is 0. The molecule has 3 rings (SSSR count). The molecule has 0 aliphatic carbocycles. The van der Waals surface area contributed by atoms with E-state index in [9.17, 15) is 0 Å². The molecule has 8 heteroatoms. The number of rotatable bonds is 6. The molecule has 0 unspecified atom stereocenters. The van der Waals surface area contributed by atoms with E-state index in [1.165, 1.54) is 0 Å². The van der Waals surface area contributed by atoms with Gasteiger partial charge >= 0.3 is 0 Å². The number of aryl methyl sites for hydroxylation is 1. The molecule has 0 spiro atoms. The molecule has 0 amide bonds. The zero-order chi connectivity index (χ0) is 15.9. The zero-order valence-electron chi connectivity index (χ0n) is 13.7. The van der Waals surface area contributed by atoms with Crippen molar-refractivity contribution in [3.8, 4) is 5.75 Å². The fourth-order valence-corrected chi connectivity index (χ4v) is 2.58. The fourth-order valence-electron chi connectivity index (χ4n) is 2.58. The first-order valence-electron chi connectivity index (χ1n) is 7.90. The van der Waals surface area contributed by atoms with Crippen molar-refractivity contribution in [2.45, 2.75) is 25.9 Å². The Kier molecular flexibility index (Phi) is 7.29. The first-order chi connectivity index (χ1) is 11.4. The number of benzene rings is 1. The second-order valence-electron chi connectivity index (χ2n) is 5.30. The monoisotopic (exact) mass is 442 g/mol. The lowest BCUT2D eigenvalue weighted by molar-refractivity contribution is 0.322. The summed E-state index contributed by atoms with van der Waals surface area (Å²) in [5.41, 5.74) is 0. The Morgan fingerprint density at radius 1 is 1.25 bits per heavy atom. The van der Waals surface area contributed by atoms with Crippen molar-refractivity contribution in [2.24, 2.45) is 4.99 Å². The number of hydrogen-bond acceptors (Lipinski definition) is 4. The van der Waals surface area contributed by atoms with Crippen LogP contribution in [0.2, 0.25) is 0 Å². The summed E-state index contributed by atoms with van der Waals surface area (Å²) in [6.45, 7) is 2.88. The van der Waals surface area contributed by atoms with Crippen LogP contribution < -0.4 is 15.4 Å². The summed E-state index contributed by atoms with van der Waals surface area (Å²) in [7, 11) is 1.75. The molecule has 130 valence electrons. The number of aromatic nitrogens is 3. The molecule has 7 nitrogen and oxygen atoms in total. The van der Waals surface area contributed by atoms with Crippen molar-refractivity contribution in [3.05, 3.63) is 42.0 Å². The topological polar surface area (TPSA) is 76.4 Å². The first kappa shape index (κ1) is 18.5. The number of guanidine groups is 1. The van der Waals surface area contributed by atoms with E-state index in [0.717, 1.165) is 42.7 Å². The summed E-state index contributed by atoms with van der Waals surface area (Å²) in [5.74, 6) is 3.65. The standard InChI is InChI=1S/C16H22N6O.HI/c1-17-16(18-9-11-23-13-6-3-2-4-7-13)19-12-15-21-20-14-8-5-10-22(14)15;/h2-4,6-7H,5,8-12H2,1H3,(H2,17,18,19);1H. The van der Waals surface area contributed by atoms with Crippen LogP contribution in [0.5, 0.6) is 5.75 Å². The van der Waals surface area contributed by atoms with Crippen molar-refractivity contribution in [1.82, 2.24) is 25.4 Å². The number of hydrogen-bond donors (Lipinski definition) is 2. The summed E-state index contributed by atoms with van der Waals surface area (Å²) in [6.07, 6.45) is 2.18. The fraction of sp³-hybridized carbons (Fsp3) is 0.438. The highest BCUT2D eigenvalue weighted by molar-refractivity contribution is 14.0. The highest BCUT2D eigenvalue weighted by Gasteiger charge is 2.16. The van der Waals surface area contributed by atoms with Crippen molar-refractivity contribution in [2.75, 3.05) is 20.2 Å². The number of nitrogens with one attached hydrogen (secondary N) is 2. The van der Waals surface area contributed by atoms with Crippen LogP contribution in [0.4, 0.5) is 0 Å². The van der Waals surface area contributed by atoms with Gasteiger partial charge in [0.25, 0.3) is 0 Å². The number of aliphatic imine (C=N–C) groups is 1. The van der Waals surface area contributed by atoms with E-state index in [1.807, 2.05) is 30.3 Å². The minimum Gasteiger partial charge on any atom is -0.492 e. The van der Waals surface area contributed by atoms with Crippen LogP contribution in [-0.4, -0.2) is 40.9 Å². The highest BCUT2D eigenvalue weighted by atomic mass is 127. The Morgan fingerprint density at radius 3 is 2.88 bits per heavy atom. The van der Waals surface area contributed by atoms with Gasteiger partial charge in [-0.2, -0.15) is 0 Å². The summed E-state index contributed by atoms with van der Waals surface area (Å²) < 4.78 is 7.82. The molecular weight excluding hydrogens is 419 g/mol. The molecule has 0 saturated carbocycles. The van der Waals surface area contributed by atoms with Gasteiger partial charge in [-0.15, -0.1) is 34.2 Å². The minimum absolute atomic E-state index is 0. The van der Waals surface area contributed by atoms with Crippen LogP contribution in [0.3, 0.4) is 0 Å². The van der Waals surface area contributed by atoms with Gasteiger partial charge in [-0.05, 0) is 18.6 Å². The van der Waals surface area contributed by atoms with Gasteiger partial charge in [0.1, 0.15) is 18.2 Å². The van der Waals surface area contributed by atoms with E-state index in [2.05, 4.69) is 30.4 Å². The molecular formula is C16H23IN6O. The van der Waals surface area contributed by atoms with E-state index < -0.39 is 0 Å². The Balaban J connectivity index is 0.00000208. The molecule has 0 saturated heterocycles. The van der Waals surface area contributed by atoms with E-state index in [-0.39, 0.29) is 24.0 Å². The van der Waals surface area contributed by atoms with Crippen molar-refractivity contribution < 1.29 is 4.74 Å². The zero-order valence-corrected chi connectivity index (χ0v) is 16.1. The maximum absolute atomic E-state index is 5.64. The van der Waals surface area contributed by atoms with Gasteiger partial charge in [0.05, 0.1) is 13.1 Å². The van der Waals surface area contributed by atoms with Gasteiger partial charge in [0.15, 0.2) is 11.8 Å². The normalized spacial score (nSPS) is 13.1. The average Bonchev–Trinajstić information content (AvgIpc) is 3.19. The third-order valence-electron chi connectivity index (χ3n) is 3.73. The van der Waals surface area contributed by atoms with Gasteiger partial charge in [0, 0.05) is 20.0 Å². The van der Waals surface area contributed by atoms with Crippen molar-refractivity contribution in [3.63, 3.8) is 0 Å². The molecule has 0 fully saturated rings.